The fourth-order valence-electron chi connectivity index (χ4n) is 9.05. The first-order valence-corrected chi connectivity index (χ1v) is 22.7. The van der Waals surface area contributed by atoms with Gasteiger partial charge in [0.05, 0.1) is 34.3 Å². The van der Waals surface area contributed by atoms with Crippen LogP contribution in [-0.2, 0) is 0 Å². The van der Waals surface area contributed by atoms with E-state index in [1.165, 1.54) is 55.5 Å². The predicted octanol–water partition coefficient (Wildman–Crippen LogP) is 11.8. The molecule has 0 spiro atoms. The summed E-state index contributed by atoms with van der Waals surface area (Å²) in [7, 11) is 0. The van der Waals surface area contributed by atoms with E-state index in [4.69, 9.17) is 0 Å². The number of nitrogens with one attached hydrogen (secondary N) is 4. The molecule has 9 heterocycles. The van der Waals surface area contributed by atoms with E-state index in [0.717, 1.165) is 115 Å². The van der Waals surface area contributed by atoms with Gasteiger partial charge in [-0.05, 0) is 118 Å². The van der Waals surface area contributed by atoms with Gasteiger partial charge in [0.15, 0.2) is 0 Å². The molecular formula is C52H56N12. The van der Waals surface area contributed by atoms with E-state index in [2.05, 4.69) is 135 Å². The van der Waals surface area contributed by atoms with Crippen molar-refractivity contribution in [2.24, 2.45) is 0 Å². The molecule has 12 nitrogen and oxygen atoms in total. The van der Waals surface area contributed by atoms with Crippen LogP contribution in [0.15, 0.2) is 117 Å². The first-order valence-electron chi connectivity index (χ1n) is 22.7. The molecule has 7 aromatic heterocycles. The van der Waals surface area contributed by atoms with Gasteiger partial charge in [0.2, 0.25) is 0 Å². The highest BCUT2D eigenvalue weighted by Gasteiger charge is 2.21. The van der Waals surface area contributed by atoms with Crippen molar-refractivity contribution in [3.05, 3.63) is 133 Å². The summed E-state index contributed by atoms with van der Waals surface area (Å²) in [5.41, 5.74) is 16.8. The third kappa shape index (κ3) is 8.55. The van der Waals surface area contributed by atoms with Crippen molar-refractivity contribution in [3.8, 4) is 45.2 Å². The molecule has 2 aliphatic heterocycles. The van der Waals surface area contributed by atoms with E-state index in [1.54, 1.807) is 18.6 Å². The zero-order chi connectivity index (χ0) is 44.0. The van der Waals surface area contributed by atoms with Gasteiger partial charge in [0, 0.05) is 107 Å². The Balaban J connectivity index is 0.000000156. The highest BCUT2D eigenvalue weighted by atomic mass is 15.2. The van der Waals surface area contributed by atoms with Crippen molar-refractivity contribution in [2.75, 3.05) is 31.1 Å². The molecule has 11 rings (SSSR count). The highest BCUT2D eigenvalue weighted by molar-refractivity contribution is 6.00. The molecule has 0 unspecified atom stereocenters. The Kier molecular flexibility index (Phi) is 12.4. The maximum atomic E-state index is 4.67. The minimum Gasteiger partial charge on any atom is -0.371 e. The molecular weight excluding hydrogens is 793 g/mol. The van der Waals surface area contributed by atoms with Crippen molar-refractivity contribution in [1.82, 2.24) is 55.2 Å². The van der Waals surface area contributed by atoms with Gasteiger partial charge < -0.3 is 19.8 Å². The fourth-order valence-corrected chi connectivity index (χ4v) is 9.05. The molecule has 324 valence electrons. The van der Waals surface area contributed by atoms with Crippen molar-refractivity contribution in [1.29, 1.82) is 0 Å². The van der Waals surface area contributed by atoms with Gasteiger partial charge >= 0.3 is 0 Å². The third-order valence-corrected chi connectivity index (χ3v) is 12.2. The van der Waals surface area contributed by atoms with E-state index in [1.807, 2.05) is 50.6 Å². The number of piperidine rings is 2. The summed E-state index contributed by atoms with van der Waals surface area (Å²) in [6.45, 7) is 16.6. The summed E-state index contributed by atoms with van der Waals surface area (Å²) >= 11 is 0. The lowest BCUT2D eigenvalue weighted by molar-refractivity contribution is 0.326. The topological polar surface area (TPSA) is 147 Å². The Labute approximate surface area is 374 Å². The van der Waals surface area contributed by atoms with Crippen molar-refractivity contribution >= 4 is 44.2 Å². The fraction of sp³-hybridized carbons (Fsp3) is 0.269. The minimum atomic E-state index is 0.845. The second-order valence-electron chi connectivity index (χ2n) is 16.4. The largest absolute Gasteiger partial charge is 0.371 e. The zero-order valence-corrected chi connectivity index (χ0v) is 37.2. The summed E-state index contributed by atoms with van der Waals surface area (Å²) in [5, 5.41) is 18.9. The molecule has 64 heavy (non-hydrogen) atoms. The molecule has 2 aromatic carbocycles. The molecule has 0 aliphatic carbocycles. The van der Waals surface area contributed by atoms with Crippen LogP contribution in [0.2, 0.25) is 0 Å². The summed E-state index contributed by atoms with van der Waals surface area (Å²) in [4.78, 5) is 29.6. The lowest BCUT2D eigenvalue weighted by atomic mass is 10.0. The Hall–Kier alpha value is -7.34. The number of hydrogen-bond acceptors (Lipinski definition) is 8. The summed E-state index contributed by atoms with van der Waals surface area (Å²) in [6, 6.07) is 21.3. The Morgan fingerprint density at radius 3 is 2.00 bits per heavy atom. The van der Waals surface area contributed by atoms with Gasteiger partial charge in [-0.3, -0.25) is 25.1 Å². The first-order chi connectivity index (χ1) is 31.5. The SMILES string of the molecule is C=C/C=C(\c1cc(-c2n[nH]c3ccc(-c4cncc(C)c4)cc23)[nH]c1C)N1CCCCC1.CC.c1cnc(-c2ccc3[nH]nc(-c4cc5c(N6CCCCC6)ccnc5[nH]4)c3c2)cn1. The smallest absolute Gasteiger partial charge is 0.139 e. The normalized spacial score (nSPS) is 14.3. The Morgan fingerprint density at radius 2 is 1.31 bits per heavy atom. The van der Waals surface area contributed by atoms with Gasteiger partial charge in [0.25, 0.3) is 0 Å². The maximum absolute atomic E-state index is 4.67. The number of aromatic nitrogens is 10. The molecule has 4 N–H and O–H groups in total. The Morgan fingerprint density at radius 1 is 0.625 bits per heavy atom. The van der Waals surface area contributed by atoms with E-state index in [-0.39, 0.29) is 0 Å². The Bertz CT molecular complexity index is 3050. The highest BCUT2D eigenvalue weighted by Crippen LogP contribution is 2.36. The van der Waals surface area contributed by atoms with Gasteiger partial charge in [-0.15, -0.1) is 0 Å². The number of pyridine rings is 2. The van der Waals surface area contributed by atoms with Crippen molar-refractivity contribution < 1.29 is 0 Å². The number of nitrogens with zero attached hydrogens (tertiary/aromatic N) is 8. The molecule has 2 aliphatic rings. The number of rotatable bonds is 8. The van der Waals surface area contributed by atoms with Gasteiger partial charge in [-0.25, -0.2) is 4.98 Å². The average molecular weight is 849 g/mol. The monoisotopic (exact) mass is 848 g/mol. The number of fused-ring (bicyclic) bond motifs is 3. The van der Waals surface area contributed by atoms with Crippen LogP contribution in [0, 0.1) is 13.8 Å². The van der Waals surface area contributed by atoms with E-state index in [9.17, 15) is 0 Å². The van der Waals surface area contributed by atoms with Gasteiger partial charge in [-0.1, -0.05) is 38.6 Å². The van der Waals surface area contributed by atoms with Crippen molar-refractivity contribution in [3.63, 3.8) is 0 Å². The molecule has 2 fully saturated rings. The average Bonchev–Trinajstić information content (AvgIpc) is 4.17. The van der Waals surface area contributed by atoms with Crippen LogP contribution in [0.5, 0.6) is 0 Å². The number of likely N-dealkylation sites (tertiary alicyclic amines) is 1. The zero-order valence-electron chi connectivity index (χ0n) is 37.2. The van der Waals surface area contributed by atoms with Crippen LogP contribution in [0.1, 0.15) is 69.2 Å². The first kappa shape index (κ1) is 42.0. The van der Waals surface area contributed by atoms with Crippen molar-refractivity contribution in [2.45, 2.75) is 66.2 Å². The second kappa shape index (κ2) is 19.0. The van der Waals surface area contributed by atoms with E-state index < -0.39 is 0 Å². The van der Waals surface area contributed by atoms with Gasteiger partial charge in [0.1, 0.15) is 17.0 Å². The number of allylic oxidation sites excluding steroid dienone is 2. The quantitative estimate of drug-likeness (QED) is 0.111. The van der Waals surface area contributed by atoms with Gasteiger partial charge in [-0.2, -0.15) is 10.2 Å². The minimum absolute atomic E-state index is 0.845. The van der Waals surface area contributed by atoms with Crippen LogP contribution in [-0.4, -0.2) is 81.4 Å². The lowest BCUT2D eigenvalue weighted by Crippen LogP contribution is -2.29. The summed E-state index contributed by atoms with van der Waals surface area (Å²) < 4.78 is 0. The van der Waals surface area contributed by atoms with Crippen LogP contribution >= 0.6 is 0 Å². The summed E-state index contributed by atoms with van der Waals surface area (Å²) in [6.07, 6.45) is 22.5. The molecule has 0 radical (unpaired) electrons. The lowest BCUT2D eigenvalue weighted by Gasteiger charge is -2.31. The second-order valence-corrected chi connectivity index (χ2v) is 16.4. The van der Waals surface area contributed by atoms with E-state index in [0.29, 0.717) is 0 Å². The number of anilines is 1. The molecule has 0 atom stereocenters. The van der Waals surface area contributed by atoms with E-state index >= 15 is 0 Å². The standard InChI is InChI=1S/C27H29N5.C23H21N7.C2H6/c1-4-8-26(32-11-6-5-7-12-32)22-15-25(29-19(22)3)27-23-14-20(9-10-24(23)30-31-27)21-13-18(2)16-28-17-21;1-2-10-30(11-3-1)21-6-7-26-23-17(21)13-19(27-23)22-16-12-15(4-5-18(16)28-29-22)20-14-24-8-9-25-20;1-2/h4,8-10,13-17,29H,1,5-7,11-12H2,2-3H3,(H,30,31);4-9,12-14H,1-3,10-11H2,(H,26,27)(H,28,29);1-2H3/b26-8+;;. The molecule has 9 aromatic rings. The molecule has 2 saturated heterocycles. The molecule has 0 bridgehead atoms. The van der Waals surface area contributed by atoms with Crippen LogP contribution < -0.4 is 4.90 Å². The number of aromatic amines is 4. The van der Waals surface area contributed by atoms with Crippen LogP contribution in [0.4, 0.5) is 5.69 Å². The maximum Gasteiger partial charge on any atom is 0.139 e. The van der Waals surface area contributed by atoms with Crippen LogP contribution in [0.3, 0.4) is 0 Å². The summed E-state index contributed by atoms with van der Waals surface area (Å²) in [5.74, 6) is 0. The number of benzene rings is 2. The third-order valence-electron chi connectivity index (χ3n) is 12.2. The number of H-pyrrole nitrogens is 4. The number of hydrogen-bond donors (Lipinski definition) is 4. The predicted molar refractivity (Wildman–Crippen MR) is 262 cm³/mol. The molecule has 0 amide bonds. The molecule has 0 saturated carbocycles. The molecule has 12 heteroatoms. The number of aryl methyl sites for hydroxylation is 2. The van der Waals surface area contributed by atoms with Crippen LogP contribution in [0.25, 0.3) is 83.7 Å².